The summed E-state index contributed by atoms with van der Waals surface area (Å²) < 4.78 is 0. The van der Waals surface area contributed by atoms with Gasteiger partial charge in [0.05, 0.1) is 0 Å². The van der Waals surface area contributed by atoms with Gasteiger partial charge in [-0.3, -0.25) is 4.98 Å². The van der Waals surface area contributed by atoms with Crippen LogP contribution in [0.3, 0.4) is 0 Å². The molecule has 0 atom stereocenters. The second kappa shape index (κ2) is 8.27. The van der Waals surface area contributed by atoms with Crippen LogP contribution in [0.2, 0.25) is 0 Å². The molecule has 1 aromatic heterocycles. The zero-order valence-corrected chi connectivity index (χ0v) is 11.8. The Bertz CT molecular complexity index is 317. The summed E-state index contributed by atoms with van der Waals surface area (Å²) in [6, 6.07) is 4.54. The van der Waals surface area contributed by atoms with E-state index in [1.807, 2.05) is 0 Å². The second-order valence-corrected chi connectivity index (χ2v) is 4.87. The molecule has 0 N–H and O–H groups in total. The lowest BCUT2D eigenvalue weighted by atomic mass is 10.0. The lowest BCUT2D eigenvalue weighted by molar-refractivity contribution is 0.700. The molecular formula is C16H27N. The van der Waals surface area contributed by atoms with Crippen LogP contribution in [0.15, 0.2) is 12.1 Å². The highest BCUT2D eigenvalue weighted by molar-refractivity contribution is 5.23. The molecule has 0 bridgehead atoms. The molecule has 0 radical (unpaired) electrons. The molecule has 1 heterocycles. The number of hydrogen-bond acceptors (Lipinski definition) is 1. The van der Waals surface area contributed by atoms with Gasteiger partial charge in [0.2, 0.25) is 0 Å². The van der Waals surface area contributed by atoms with E-state index in [-0.39, 0.29) is 0 Å². The van der Waals surface area contributed by atoms with Crippen LogP contribution in [-0.4, -0.2) is 4.98 Å². The minimum Gasteiger partial charge on any atom is -0.258 e. The smallest absolute Gasteiger partial charge is 0.0438 e. The van der Waals surface area contributed by atoms with E-state index in [0.29, 0.717) is 0 Å². The standard InChI is InChI=1S/C16H27N/c1-4-7-8-11-15-13-12-14(9-5-2)16(17-15)10-6-3/h12-13H,4-11H2,1-3H3. The minimum absolute atomic E-state index is 1.14. The van der Waals surface area contributed by atoms with Gasteiger partial charge in [0.15, 0.2) is 0 Å². The molecule has 1 heteroatoms. The molecular weight excluding hydrogens is 206 g/mol. The van der Waals surface area contributed by atoms with Crippen molar-refractivity contribution in [1.82, 2.24) is 4.98 Å². The van der Waals surface area contributed by atoms with E-state index in [0.717, 1.165) is 12.8 Å². The first-order valence-electron chi connectivity index (χ1n) is 7.29. The molecule has 0 amide bonds. The third kappa shape index (κ3) is 4.89. The molecule has 17 heavy (non-hydrogen) atoms. The minimum atomic E-state index is 1.14. The van der Waals surface area contributed by atoms with E-state index in [1.54, 1.807) is 0 Å². The SMILES string of the molecule is CCCCCc1ccc(CCC)c(CCC)n1. The van der Waals surface area contributed by atoms with Gasteiger partial charge in [-0.15, -0.1) is 0 Å². The average molecular weight is 233 g/mol. The van der Waals surface area contributed by atoms with Crippen molar-refractivity contribution in [2.45, 2.75) is 72.1 Å². The first-order valence-corrected chi connectivity index (χ1v) is 7.29. The second-order valence-electron chi connectivity index (χ2n) is 4.87. The van der Waals surface area contributed by atoms with Gasteiger partial charge in [-0.1, -0.05) is 52.5 Å². The number of rotatable bonds is 8. The van der Waals surface area contributed by atoms with E-state index in [2.05, 4.69) is 32.9 Å². The summed E-state index contributed by atoms with van der Waals surface area (Å²) in [5.74, 6) is 0. The molecule has 96 valence electrons. The zero-order valence-electron chi connectivity index (χ0n) is 11.8. The maximum absolute atomic E-state index is 4.85. The maximum atomic E-state index is 4.85. The molecule has 1 nitrogen and oxygen atoms in total. The first-order chi connectivity index (χ1) is 8.31. The van der Waals surface area contributed by atoms with Crippen LogP contribution in [0.4, 0.5) is 0 Å². The van der Waals surface area contributed by atoms with Crippen molar-refractivity contribution in [3.05, 3.63) is 29.1 Å². The molecule has 0 aliphatic rings. The first kappa shape index (κ1) is 14.2. The Kier molecular flexibility index (Phi) is 6.91. The lowest BCUT2D eigenvalue weighted by Gasteiger charge is -2.09. The largest absolute Gasteiger partial charge is 0.258 e. The van der Waals surface area contributed by atoms with Gasteiger partial charge >= 0.3 is 0 Å². The third-order valence-corrected chi connectivity index (χ3v) is 3.17. The van der Waals surface area contributed by atoms with Crippen molar-refractivity contribution in [3.63, 3.8) is 0 Å². The van der Waals surface area contributed by atoms with E-state index >= 15 is 0 Å². The molecule has 0 unspecified atom stereocenters. The van der Waals surface area contributed by atoms with Crippen LogP contribution in [0.25, 0.3) is 0 Å². The summed E-state index contributed by atoms with van der Waals surface area (Å²) in [4.78, 5) is 4.85. The van der Waals surface area contributed by atoms with Crippen LogP contribution >= 0.6 is 0 Å². The number of aryl methyl sites for hydroxylation is 3. The van der Waals surface area contributed by atoms with Gasteiger partial charge in [0, 0.05) is 11.4 Å². The Morgan fingerprint density at radius 2 is 1.59 bits per heavy atom. The summed E-state index contributed by atoms with van der Waals surface area (Å²) in [6.45, 7) is 6.73. The van der Waals surface area contributed by atoms with Crippen LogP contribution in [0.1, 0.15) is 69.8 Å². The molecule has 0 saturated heterocycles. The van der Waals surface area contributed by atoms with Crippen molar-refractivity contribution < 1.29 is 0 Å². The summed E-state index contributed by atoms with van der Waals surface area (Å²) in [5, 5.41) is 0. The quantitative estimate of drug-likeness (QED) is 0.592. The highest BCUT2D eigenvalue weighted by Crippen LogP contribution is 2.14. The lowest BCUT2D eigenvalue weighted by Crippen LogP contribution is -2.01. The van der Waals surface area contributed by atoms with Crippen molar-refractivity contribution in [3.8, 4) is 0 Å². The maximum Gasteiger partial charge on any atom is 0.0438 e. The normalized spacial score (nSPS) is 10.8. The van der Waals surface area contributed by atoms with Crippen molar-refractivity contribution >= 4 is 0 Å². The Labute approximate surface area is 107 Å². The van der Waals surface area contributed by atoms with Gasteiger partial charge in [0.25, 0.3) is 0 Å². The van der Waals surface area contributed by atoms with Crippen molar-refractivity contribution in [2.24, 2.45) is 0 Å². The molecule has 1 aromatic rings. The molecule has 0 aliphatic heterocycles. The Morgan fingerprint density at radius 3 is 2.24 bits per heavy atom. The fourth-order valence-corrected chi connectivity index (χ4v) is 2.22. The van der Waals surface area contributed by atoms with Gasteiger partial charge in [0.1, 0.15) is 0 Å². The molecule has 0 aliphatic carbocycles. The van der Waals surface area contributed by atoms with E-state index in [1.165, 1.54) is 55.5 Å². The van der Waals surface area contributed by atoms with Crippen molar-refractivity contribution in [2.75, 3.05) is 0 Å². The monoisotopic (exact) mass is 233 g/mol. The predicted octanol–water partition coefficient (Wildman–Crippen LogP) is 4.72. The Balaban J connectivity index is 2.70. The molecule has 1 rings (SSSR count). The number of unbranched alkanes of at least 4 members (excludes halogenated alkanes) is 2. The van der Waals surface area contributed by atoms with Crippen LogP contribution < -0.4 is 0 Å². The van der Waals surface area contributed by atoms with Crippen LogP contribution in [0, 0.1) is 0 Å². The number of aromatic nitrogens is 1. The summed E-state index contributed by atoms with van der Waals surface area (Å²) >= 11 is 0. The van der Waals surface area contributed by atoms with Gasteiger partial charge in [-0.05, 0) is 37.3 Å². The highest BCUT2D eigenvalue weighted by atomic mass is 14.7. The number of hydrogen-bond donors (Lipinski definition) is 0. The third-order valence-electron chi connectivity index (χ3n) is 3.17. The average Bonchev–Trinajstić information content (AvgIpc) is 2.33. The van der Waals surface area contributed by atoms with Gasteiger partial charge in [-0.2, -0.15) is 0 Å². The topological polar surface area (TPSA) is 12.9 Å². The summed E-state index contributed by atoms with van der Waals surface area (Å²) in [7, 11) is 0. The summed E-state index contributed by atoms with van der Waals surface area (Å²) in [5.41, 5.74) is 4.11. The number of pyridine rings is 1. The van der Waals surface area contributed by atoms with Crippen LogP contribution in [-0.2, 0) is 19.3 Å². The molecule has 0 saturated carbocycles. The van der Waals surface area contributed by atoms with Crippen LogP contribution in [0.5, 0.6) is 0 Å². The fourth-order valence-electron chi connectivity index (χ4n) is 2.22. The predicted molar refractivity (Wildman–Crippen MR) is 75.5 cm³/mol. The van der Waals surface area contributed by atoms with E-state index < -0.39 is 0 Å². The Hall–Kier alpha value is -0.850. The van der Waals surface area contributed by atoms with Gasteiger partial charge in [-0.25, -0.2) is 0 Å². The Morgan fingerprint density at radius 1 is 0.824 bits per heavy atom. The fraction of sp³-hybridized carbons (Fsp3) is 0.688. The summed E-state index contributed by atoms with van der Waals surface area (Å²) in [6.07, 6.45) is 9.76. The van der Waals surface area contributed by atoms with Gasteiger partial charge < -0.3 is 0 Å². The van der Waals surface area contributed by atoms with E-state index in [9.17, 15) is 0 Å². The van der Waals surface area contributed by atoms with Crippen molar-refractivity contribution in [1.29, 1.82) is 0 Å². The number of nitrogens with zero attached hydrogens (tertiary/aromatic N) is 1. The molecule has 0 spiro atoms. The van der Waals surface area contributed by atoms with E-state index in [4.69, 9.17) is 4.98 Å². The molecule has 0 fully saturated rings. The molecule has 0 aromatic carbocycles. The zero-order chi connectivity index (χ0) is 12.5. The highest BCUT2D eigenvalue weighted by Gasteiger charge is 2.04.